The molecule has 5 nitrogen and oxygen atoms in total. The molecule has 1 aromatic carbocycles. The molecule has 0 amide bonds. The summed E-state index contributed by atoms with van der Waals surface area (Å²) < 4.78 is 10.8. The summed E-state index contributed by atoms with van der Waals surface area (Å²) in [4.78, 5) is 25.9. The van der Waals surface area contributed by atoms with E-state index in [9.17, 15) is 9.59 Å². The Hall–Kier alpha value is -2.14. The summed E-state index contributed by atoms with van der Waals surface area (Å²) in [7, 11) is 3.42. The summed E-state index contributed by atoms with van der Waals surface area (Å²) >= 11 is 0. The van der Waals surface area contributed by atoms with Crippen molar-refractivity contribution in [3.8, 4) is 5.75 Å². The van der Waals surface area contributed by atoms with Gasteiger partial charge in [0.2, 0.25) is 0 Å². The molecule has 1 spiro atoms. The lowest BCUT2D eigenvalue weighted by Gasteiger charge is -2.43. The summed E-state index contributed by atoms with van der Waals surface area (Å²) in [5.74, 6) is 0.351. The molecule has 1 fully saturated rings. The molecule has 23 heavy (non-hydrogen) atoms. The van der Waals surface area contributed by atoms with Crippen LogP contribution >= 0.6 is 0 Å². The van der Waals surface area contributed by atoms with Gasteiger partial charge in [-0.1, -0.05) is 6.07 Å². The molecule has 0 unspecified atom stereocenters. The van der Waals surface area contributed by atoms with Crippen molar-refractivity contribution in [2.45, 2.75) is 24.9 Å². The molecular weight excluding hydrogens is 294 g/mol. The van der Waals surface area contributed by atoms with E-state index in [0.29, 0.717) is 17.7 Å². The van der Waals surface area contributed by atoms with Gasteiger partial charge in [0.05, 0.1) is 19.1 Å². The second kappa shape index (κ2) is 6.16. The minimum Gasteiger partial charge on any atom is -0.486 e. The largest absolute Gasteiger partial charge is 0.486 e. The van der Waals surface area contributed by atoms with E-state index in [-0.39, 0.29) is 11.4 Å². The van der Waals surface area contributed by atoms with Crippen LogP contribution in [0.15, 0.2) is 24.3 Å². The lowest BCUT2D eigenvalue weighted by molar-refractivity contribution is -0.134. The number of nitrogens with zero attached hydrogens (tertiary/aromatic N) is 1. The van der Waals surface area contributed by atoms with Crippen molar-refractivity contribution in [3.63, 3.8) is 0 Å². The van der Waals surface area contributed by atoms with Crippen molar-refractivity contribution in [2.24, 2.45) is 0 Å². The Morgan fingerprint density at radius 2 is 2.09 bits per heavy atom. The van der Waals surface area contributed by atoms with E-state index < -0.39 is 5.97 Å². The van der Waals surface area contributed by atoms with Crippen molar-refractivity contribution >= 4 is 17.8 Å². The molecule has 0 aliphatic carbocycles. The summed E-state index contributed by atoms with van der Waals surface area (Å²) in [6, 6.07) is 5.41. The molecular formula is C18H21NO4. The fraction of sp³-hybridized carbons (Fsp3) is 0.444. The zero-order chi connectivity index (χ0) is 16.4. The minimum atomic E-state index is -0.411. The highest BCUT2D eigenvalue weighted by molar-refractivity contribution is 6.00. The fourth-order valence-electron chi connectivity index (χ4n) is 3.15. The van der Waals surface area contributed by atoms with E-state index >= 15 is 0 Å². The Kier molecular flexibility index (Phi) is 4.22. The van der Waals surface area contributed by atoms with Gasteiger partial charge in [-0.3, -0.25) is 4.79 Å². The van der Waals surface area contributed by atoms with Crippen LogP contribution in [0.3, 0.4) is 0 Å². The number of benzene rings is 1. The summed E-state index contributed by atoms with van der Waals surface area (Å²) in [6.45, 7) is 1.87. The lowest BCUT2D eigenvalue weighted by Crippen LogP contribution is -2.50. The van der Waals surface area contributed by atoms with Crippen LogP contribution in [0.1, 0.15) is 35.2 Å². The molecule has 2 aliphatic rings. The number of methoxy groups -OCH3 is 1. The molecule has 1 aromatic rings. The second-order valence-electron chi connectivity index (χ2n) is 6.30. The van der Waals surface area contributed by atoms with E-state index in [4.69, 9.17) is 4.74 Å². The van der Waals surface area contributed by atoms with Gasteiger partial charge in [-0.25, -0.2) is 4.79 Å². The number of likely N-dealkylation sites (tertiary alicyclic amines) is 1. The number of esters is 1. The van der Waals surface area contributed by atoms with Crippen LogP contribution in [0.5, 0.6) is 5.75 Å². The first kappa shape index (κ1) is 15.7. The van der Waals surface area contributed by atoms with Crippen LogP contribution in [0.25, 0.3) is 6.08 Å². The van der Waals surface area contributed by atoms with E-state index in [2.05, 4.69) is 16.7 Å². The Labute approximate surface area is 135 Å². The molecule has 122 valence electrons. The quantitative estimate of drug-likeness (QED) is 0.619. The predicted molar refractivity (Wildman–Crippen MR) is 86.5 cm³/mol. The smallest absolute Gasteiger partial charge is 0.330 e. The van der Waals surface area contributed by atoms with Gasteiger partial charge in [-0.2, -0.15) is 0 Å². The maximum absolute atomic E-state index is 12.5. The molecule has 0 radical (unpaired) electrons. The third-order valence-electron chi connectivity index (χ3n) is 4.63. The molecule has 0 N–H and O–H groups in total. The number of hydrogen-bond acceptors (Lipinski definition) is 5. The number of carbonyl (C=O) groups excluding carboxylic acids is 2. The summed E-state index contributed by atoms with van der Waals surface area (Å²) in [5.41, 5.74) is 1.07. The summed E-state index contributed by atoms with van der Waals surface area (Å²) in [6.07, 6.45) is 5.19. The van der Waals surface area contributed by atoms with E-state index in [1.807, 2.05) is 12.1 Å². The van der Waals surface area contributed by atoms with Crippen molar-refractivity contribution in [1.82, 2.24) is 4.90 Å². The molecule has 0 aromatic heterocycles. The van der Waals surface area contributed by atoms with E-state index in [1.165, 1.54) is 13.2 Å². The molecule has 1 saturated heterocycles. The topological polar surface area (TPSA) is 55.8 Å². The normalized spacial score (nSPS) is 20.3. The van der Waals surface area contributed by atoms with Crippen LogP contribution < -0.4 is 4.74 Å². The van der Waals surface area contributed by atoms with Gasteiger partial charge in [0.25, 0.3) is 0 Å². The first-order valence-electron chi connectivity index (χ1n) is 7.82. The number of fused-ring (bicyclic) bond motifs is 1. The monoisotopic (exact) mass is 315 g/mol. The zero-order valence-electron chi connectivity index (χ0n) is 13.5. The van der Waals surface area contributed by atoms with Crippen LogP contribution in [-0.2, 0) is 9.53 Å². The molecule has 0 bridgehead atoms. The Balaban J connectivity index is 1.85. The zero-order valence-corrected chi connectivity index (χ0v) is 13.5. The predicted octanol–water partition coefficient (Wildman–Crippen LogP) is 2.30. The number of piperidine rings is 1. The highest BCUT2D eigenvalue weighted by Crippen LogP contribution is 2.39. The third-order valence-corrected chi connectivity index (χ3v) is 4.63. The van der Waals surface area contributed by atoms with Gasteiger partial charge in [0, 0.05) is 32.0 Å². The van der Waals surface area contributed by atoms with Gasteiger partial charge in [0.1, 0.15) is 11.4 Å². The molecule has 0 atom stereocenters. The first-order chi connectivity index (χ1) is 11.0. The standard InChI is InChI=1S/C18H21NO4/c1-19-9-7-18(8-10-19)12-15(20)14-5-3-13(11-16(14)23-18)4-6-17(21)22-2/h3-6,11H,7-10,12H2,1-2H3/b6-4+. The van der Waals surface area contributed by atoms with Crippen molar-refractivity contribution in [2.75, 3.05) is 27.2 Å². The average molecular weight is 315 g/mol. The van der Waals surface area contributed by atoms with Crippen LogP contribution in [0, 0.1) is 0 Å². The second-order valence-corrected chi connectivity index (χ2v) is 6.30. The third kappa shape index (κ3) is 3.29. The maximum Gasteiger partial charge on any atom is 0.330 e. The lowest BCUT2D eigenvalue weighted by atomic mass is 9.82. The van der Waals surface area contributed by atoms with Gasteiger partial charge in [-0.05, 0) is 30.8 Å². The minimum absolute atomic E-state index is 0.138. The van der Waals surface area contributed by atoms with Crippen LogP contribution in [0.4, 0.5) is 0 Å². The van der Waals surface area contributed by atoms with E-state index in [0.717, 1.165) is 31.5 Å². The van der Waals surface area contributed by atoms with Crippen molar-refractivity contribution in [1.29, 1.82) is 0 Å². The van der Waals surface area contributed by atoms with Gasteiger partial charge < -0.3 is 14.4 Å². The van der Waals surface area contributed by atoms with Gasteiger partial charge in [0.15, 0.2) is 5.78 Å². The van der Waals surface area contributed by atoms with Gasteiger partial charge >= 0.3 is 5.97 Å². The Morgan fingerprint density at radius 1 is 1.35 bits per heavy atom. The number of ketones is 1. The molecule has 2 aliphatic heterocycles. The van der Waals surface area contributed by atoms with Crippen molar-refractivity contribution in [3.05, 3.63) is 35.4 Å². The Morgan fingerprint density at radius 3 is 2.78 bits per heavy atom. The first-order valence-corrected chi connectivity index (χ1v) is 7.82. The van der Waals surface area contributed by atoms with Crippen molar-refractivity contribution < 1.29 is 19.1 Å². The van der Waals surface area contributed by atoms with Gasteiger partial charge in [-0.15, -0.1) is 0 Å². The highest BCUT2D eigenvalue weighted by atomic mass is 16.5. The fourth-order valence-corrected chi connectivity index (χ4v) is 3.15. The molecule has 2 heterocycles. The number of rotatable bonds is 2. The number of Topliss-reactive ketones (excluding diaryl/α,β-unsaturated/α-hetero) is 1. The maximum atomic E-state index is 12.5. The SMILES string of the molecule is COC(=O)/C=C/c1ccc2c(c1)OC1(CCN(C)CC1)CC2=O. The number of carbonyl (C=O) groups is 2. The molecule has 5 heteroatoms. The van der Waals surface area contributed by atoms with E-state index in [1.54, 1.807) is 12.1 Å². The molecule has 0 saturated carbocycles. The van der Waals surface area contributed by atoms with Crippen LogP contribution in [0.2, 0.25) is 0 Å². The Bertz CT molecular complexity index is 657. The molecule has 3 rings (SSSR count). The average Bonchev–Trinajstić information content (AvgIpc) is 2.55. The summed E-state index contributed by atoms with van der Waals surface area (Å²) in [5, 5.41) is 0. The number of ether oxygens (including phenoxy) is 2. The number of hydrogen-bond donors (Lipinski definition) is 0. The highest BCUT2D eigenvalue weighted by Gasteiger charge is 2.42. The van der Waals surface area contributed by atoms with Crippen LogP contribution in [-0.4, -0.2) is 49.5 Å².